The molecule has 10 heteroatoms. The molecule has 11 aromatic rings. The van der Waals surface area contributed by atoms with E-state index in [1.165, 1.54) is 121 Å². The van der Waals surface area contributed by atoms with Crippen molar-refractivity contribution in [2.75, 3.05) is 0 Å². The van der Waals surface area contributed by atoms with Gasteiger partial charge in [-0.3, -0.25) is 0 Å². The van der Waals surface area contributed by atoms with Gasteiger partial charge in [-0.05, 0) is 247 Å². The highest BCUT2D eigenvalue weighted by Gasteiger charge is 2.42. The van der Waals surface area contributed by atoms with Crippen LogP contribution < -0.4 is 22.8 Å². The Balaban J connectivity index is 0.000000131. The number of para-hydroxylation sites is 5. The molecular weight excluding hydrogens is 1390 g/mol. The van der Waals surface area contributed by atoms with E-state index in [2.05, 4.69) is 117 Å². The summed E-state index contributed by atoms with van der Waals surface area (Å²) < 4.78 is 146. The van der Waals surface area contributed by atoms with Crippen LogP contribution in [0.1, 0.15) is 357 Å². The minimum atomic E-state index is -2.21. The molecule has 0 radical (unpaired) electrons. The van der Waals surface area contributed by atoms with E-state index < -0.39 is 34.3 Å². The van der Waals surface area contributed by atoms with Crippen molar-refractivity contribution in [3.05, 3.63) is 260 Å². The molecule has 6 aromatic carbocycles. The summed E-state index contributed by atoms with van der Waals surface area (Å²) in [6, 6.07) is 52.2. The van der Waals surface area contributed by atoms with E-state index in [1.807, 2.05) is 164 Å². The van der Waals surface area contributed by atoms with Gasteiger partial charge in [0.05, 0.1) is 0 Å². The summed E-state index contributed by atoms with van der Waals surface area (Å²) in [4.78, 5) is 0. The molecule has 10 nitrogen and oxygen atoms in total. The Bertz CT molecular complexity index is 5570. The van der Waals surface area contributed by atoms with E-state index in [9.17, 15) is 0 Å². The van der Waals surface area contributed by atoms with Gasteiger partial charge in [0.1, 0.15) is 104 Å². The predicted molar refractivity (Wildman–Crippen MR) is 470 cm³/mol. The molecule has 0 aliphatic heterocycles. The first-order valence-electron chi connectivity index (χ1n) is 51.5. The van der Waals surface area contributed by atoms with Crippen LogP contribution in [0.4, 0.5) is 0 Å². The van der Waals surface area contributed by atoms with Gasteiger partial charge in [-0.1, -0.05) is 153 Å². The lowest BCUT2D eigenvalue weighted by molar-refractivity contribution is -0.734. The summed E-state index contributed by atoms with van der Waals surface area (Å²) in [7, 11) is 0. The Kier molecular flexibility index (Phi) is 20.8. The molecular formula is C104H141N10+5. The lowest BCUT2D eigenvalue weighted by atomic mass is 9.86. The van der Waals surface area contributed by atoms with Crippen LogP contribution in [0, 0.1) is 117 Å². The normalized spacial score (nSPS) is 19.8. The predicted octanol–water partition coefficient (Wildman–Crippen LogP) is 25.0. The van der Waals surface area contributed by atoms with Crippen molar-refractivity contribution >= 4 is 0 Å². The van der Waals surface area contributed by atoms with E-state index in [4.69, 9.17) is 20.6 Å². The van der Waals surface area contributed by atoms with E-state index in [0.717, 1.165) is 184 Å². The van der Waals surface area contributed by atoms with Crippen LogP contribution in [0.15, 0.2) is 152 Å². The standard InChI is InChI=1S/C23H33N2.C23H27N2.C22H31N2.2C18H25N2/c2*1-17-11-7-10-16-22(17)24-18(2)23(20-12-5-4-6-13-20)25(19(24)3)21-14-8-9-15-21;1-16-10-4-9-15-21(16)23-17(2)22(19-11-5-6-12-19)24(18(23)3)20-13-7-8-14-20;2*1-13-9-5-8-12-18(13)20-15(3)14(2)19(16(20)4)17-10-6-7-11-17/h7,10-11,16,20-21H,4-6,8-9,12-15H2,1-3H3;4-7,10-13,16,21H,8-9,14-15H2,1-3H3;4,9-10,15,19-20H,5-8,11-14H2,1-3H3;2*5,8-9,12,17H,6-7,10-11H2,1-4H3/q5*+1/i3*3D3;2*4D3. The highest BCUT2D eigenvalue weighted by molar-refractivity contribution is 5.61. The molecule has 0 atom stereocenters. The van der Waals surface area contributed by atoms with Crippen LogP contribution in [0.25, 0.3) is 39.7 Å². The smallest absolute Gasteiger partial charge is 0.229 e. The van der Waals surface area contributed by atoms with Crippen LogP contribution in [-0.4, -0.2) is 22.8 Å². The van der Waals surface area contributed by atoms with Gasteiger partial charge < -0.3 is 0 Å². The van der Waals surface area contributed by atoms with Gasteiger partial charge in [0.25, 0.3) is 29.1 Å². The molecule has 0 saturated heterocycles. The van der Waals surface area contributed by atoms with Crippen molar-refractivity contribution < 1.29 is 43.4 Å². The average molecular weight is 1550 g/mol. The van der Waals surface area contributed by atoms with Gasteiger partial charge in [0.2, 0.25) is 0 Å². The Labute approximate surface area is 708 Å². The minimum Gasteiger partial charge on any atom is -0.229 e. The molecule has 18 rings (SSSR count). The molecule has 0 unspecified atom stereocenters. The number of nitrogens with zero attached hydrogens (tertiary/aromatic N) is 10. The first-order valence-corrected chi connectivity index (χ1v) is 44.0. The molecule has 0 N–H and O–H groups in total. The molecule has 0 spiro atoms. The fourth-order valence-corrected chi connectivity index (χ4v) is 21.4. The van der Waals surface area contributed by atoms with E-state index in [1.54, 1.807) is 0 Å². The van der Waals surface area contributed by atoms with Gasteiger partial charge in [-0.2, -0.15) is 22.8 Å². The lowest BCUT2D eigenvalue weighted by Gasteiger charge is -2.22. The van der Waals surface area contributed by atoms with E-state index in [0.29, 0.717) is 65.1 Å². The van der Waals surface area contributed by atoms with Crippen LogP contribution in [-0.2, 0) is 0 Å². The van der Waals surface area contributed by atoms with Crippen molar-refractivity contribution in [2.45, 2.75) is 346 Å². The third kappa shape index (κ3) is 16.5. The third-order valence-corrected chi connectivity index (χ3v) is 27.5. The zero-order chi connectivity index (χ0) is 92.5. The molecule has 0 bridgehead atoms. The number of benzene rings is 6. The fraction of sp³-hybridized carbons (Fsp3) is 0.510. The van der Waals surface area contributed by atoms with Crippen LogP contribution in [0.3, 0.4) is 0 Å². The van der Waals surface area contributed by atoms with Crippen molar-refractivity contribution in [3.63, 3.8) is 0 Å². The summed E-state index contributed by atoms with van der Waals surface area (Å²) in [6.45, 7) is 14.0. The van der Waals surface area contributed by atoms with Crippen molar-refractivity contribution in [2.24, 2.45) is 0 Å². The summed E-state index contributed by atoms with van der Waals surface area (Å²) in [5, 5.41) is 0. The number of aromatic nitrogens is 10. The average Bonchev–Trinajstić information content (AvgIpc) is 1.56. The number of hydrogen-bond acceptors (Lipinski definition) is 0. The van der Waals surface area contributed by atoms with Gasteiger partial charge in [0.15, 0.2) is 11.4 Å². The number of imidazole rings is 5. The van der Waals surface area contributed by atoms with Crippen LogP contribution in [0.2, 0.25) is 0 Å². The SMILES string of the molecule is [2H]C([2H])([2H])c1n(-c2ccccc2C)c(C)c(-c2ccccc2)[n+]1C1CCCC1.[2H]C([2H])([2H])c1n(-c2ccccc2C)c(C)c(C)[n+]1C1CCCC1.[2H]C([2H])([2H])c1n(-c2ccccc2C)c(C)c(C)[n+]1C1CCCC1.[2H]C([2H])([2H])c1n(-c2ccccc2C)c(C)c(C2CCCC2)[n+]1C1CCCC1.[2H]C([2H])([2H])c1n(-c2ccccc2C)c(C)c(C2CCCCC2)[n+]1C1CCCC1. The summed E-state index contributed by atoms with van der Waals surface area (Å²) in [5.41, 5.74) is 22.6. The zero-order valence-corrected chi connectivity index (χ0v) is 71.0. The second-order valence-electron chi connectivity index (χ2n) is 34.7. The first kappa shape index (κ1) is 64.5. The Morgan fingerprint density at radius 2 is 0.465 bits per heavy atom. The largest absolute Gasteiger partial charge is 0.259 e. The maximum atomic E-state index is 8.45. The molecule has 5 aromatic heterocycles. The Hall–Kier alpha value is -8.63. The molecule has 0 amide bonds. The van der Waals surface area contributed by atoms with Crippen molar-refractivity contribution in [1.29, 1.82) is 0 Å². The summed E-state index contributed by atoms with van der Waals surface area (Å²) in [5.74, 6) is 3.35. The second kappa shape index (κ2) is 36.7. The van der Waals surface area contributed by atoms with Gasteiger partial charge in [-0.15, -0.1) is 0 Å². The molecule has 5 heterocycles. The second-order valence-corrected chi connectivity index (χ2v) is 34.7. The van der Waals surface area contributed by atoms with Crippen molar-refractivity contribution in [1.82, 2.24) is 22.8 Å². The molecule has 7 saturated carbocycles. The summed E-state index contributed by atoms with van der Waals surface area (Å²) in [6.07, 6.45) is 33.7. The maximum Gasteiger partial charge on any atom is 0.259 e. The van der Waals surface area contributed by atoms with Gasteiger partial charge in [0, 0.05) is 121 Å². The summed E-state index contributed by atoms with van der Waals surface area (Å²) >= 11 is 0. The molecule has 114 heavy (non-hydrogen) atoms. The lowest BCUT2D eigenvalue weighted by Crippen LogP contribution is -2.44. The quantitative estimate of drug-likeness (QED) is 0.103. The minimum absolute atomic E-state index is 0.231. The van der Waals surface area contributed by atoms with Crippen LogP contribution in [0.5, 0.6) is 0 Å². The molecule has 7 aliphatic carbocycles. The fourth-order valence-electron chi connectivity index (χ4n) is 21.4. The third-order valence-electron chi connectivity index (χ3n) is 27.5. The molecule has 602 valence electrons. The number of hydrogen-bond donors (Lipinski definition) is 0. The zero-order valence-electron chi connectivity index (χ0n) is 86.0. The van der Waals surface area contributed by atoms with E-state index in [-0.39, 0.29) is 6.04 Å². The van der Waals surface area contributed by atoms with Gasteiger partial charge >= 0.3 is 0 Å². The number of rotatable bonds is 13. The first-order chi connectivity index (χ1) is 61.3. The monoisotopic (exact) mass is 1550 g/mol. The molecule has 7 aliphatic rings. The Morgan fingerprint density at radius 3 is 0.763 bits per heavy atom. The van der Waals surface area contributed by atoms with Gasteiger partial charge in [-0.25, -0.2) is 22.8 Å². The van der Waals surface area contributed by atoms with Crippen molar-refractivity contribution in [3.8, 4) is 39.7 Å². The topological polar surface area (TPSA) is 44.0 Å². The van der Waals surface area contributed by atoms with Crippen LogP contribution >= 0.6 is 0 Å². The Morgan fingerprint density at radius 1 is 0.237 bits per heavy atom. The van der Waals surface area contributed by atoms with E-state index >= 15 is 0 Å². The maximum absolute atomic E-state index is 8.45. The highest BCUT2D eigenvalue weighted by atomic mass is 15.2. The highest BCUT2D eigenvalue weighted by Crippen LogP contribution is 2.42. The molecule has 7 fully saturated rings. The number of aryl methyl sites for hydroxylation is 5.